The first-order valence-corrected chi connectivity index (χ1v) is 8.02. The molecule has 0 aliphatic carbocycles. The molecule has 0 radical (unpaired) electrons. The van der Waals surface area contributed by atoms with Crippen LogP contribution in [0.15, 0.2) is 22.7 Å². The third kappa shape index (κ3) is 2.96. The number of sulfonamides is 1. The number of carboxylic acids is 1. The van der Waals surface area contributed by atoms with Crippen LogP contribution >= 0.6 is 11.3 Å². The number of nitrogens with zero attached hydrogens (tertiary/aromatic N) is 3. The molecule has 0 spiro atoms. The van der Waals surface area contributed by atoms with Crippen LogP contribution in [0.3, 0.4) is 0 Å². The van der Waals surface area contributed by atoms with E-state index >= 15 is 0 Å². The number of carbonyl (C=O) groups is 1. The molecule has 0 unspecified atom stereocenters. The van der Waals surface area contributed by atoms with Gasteiger partial charge in [-0.05, 0) is 12.5 Å². The van der Waals surface area contributed by atoms with Crippen LogP contribution < -0.4 is 4.72 Å². The van der Waals surface area contributed by atoms with Crippen molar-refractivity contribution < 1.29 is 18.3 Å². The molecule has 10 heteroatoms. The summed E-state index contributed by atoms with van der Waals surface area (Å²) in [5.41, 5.74) is 1.33. The molecule has 0 saturated heterocycles. The van der Waals surface area contributed by atoms with Crippen LogP contribution in [0.5, 0.6) is 0 Å². The highest BCUT2D eigenvalue weighted by Crippen LogP contribution is 2.19. The number of nitrogens with one attached hydrogen (secondary N) is 1. The van der Waals surface area contributed by atoms with E-state index in [1.54, 1.807) is 0 Å². The Morgan fingerprint density at radius 2 is 2.30 bits per heavy atom. The van der Waals surface area contributed by atoms with Crippen molar-refractivity contribution in [3.05, 3.63) is 23.5 Å². The summed E-state index contributed by atoms with van der Waals surface area (Å²) in [6.45, 7) is 2.30. The lowest BCUT2D eigenvalue weighted by atomic mass is 10.4. The maximum absolute atomic E-state index is 12.1. The first-order chi connectivity index (χ1) is 9.44. The molecular formula is C10H12N4O4S2. The molecule has 2 heterocycles. The molecule has 0 atom stereocenters. The number of hydrogen-bond donors (Lipinski definition) is 2. The highest BCUT2D eigenvalue weighted by molar-refractivity contribution is 7.93. The fraction of sp³-hybridized carbons (Fsp3) is 0.300. The van der Waals surface area contributed by atoms with E-state index < -0.39 is 16.0 Å². The number of aryl methyl sites for hydroxylation is 1. The second kappa shape index (κ2) is 5.59. The lowest BCUT2D eigenvalue weighted by molar-refractivity contribution is 0.0685. The van der Waals surface area contributed by atoms with Crippen molar-refractivity contribution in [3.63, 3.8) is 0 Å². The van der Waals surface area contributed by atoms with Gasteiger partial charge in [-0.2, -0.15) is 0 Å². The fourth-order valence-corrected chi connectivity index (χ4v) is 3.36. The first kappa shape index (κ1) is 14.5. The van der Waals surface area contributed by atoms with Gasteiger partial charge in [-0.1, -0.05) is 18.3 Å². The average Bonchev–Trinajstić information content (AvgIpc) is 2.98. The summed E-state index contributed by atoms with van der Waals surface area (Å²) in [6.07, 6.45) is 1.99. The number of anilines is 1. The predicted molar refractivity (Wildman–Crippen MR) is 72.4 cm³/mol. The summed E-state index contributed by atoms with van der Waals surface area (Å²) in [5.74, 6) is -1.17. The van der Waals surface area contributed by atoms with Crippen LogP contribution in [0.25, 0.3) is 0 Å². The largest absolute Gasteiger partial charge is 0.477 e. The molecule has 2 aromatic heterocycles. The molecular weight excluding hydrogens is 304 g/mol. The van der Waals surface area contributed by atoms with E-state index in [0.29, 0.717) is 13.0 Å². The fourth-order valence-electron chi connectivity index (χ4n) is 1.63. The van der Waals surface area contributed by atoms with Gasteiger partial charge in [0, 0.05) is 12.7 Å². The second-order valence-corrected chi connectivity index (χ2v) is 6.42. The highest BCUT2D eigenvalue weighted by atomic mass is 32.2. The normalized spacial score (nSPS) is 11.4. The third-order valence-electron chi connectivity index (χ3n) is 2.45. The zero-order valence-corrected chi connectivity index (χ0v) is 12.1. The number of rotatable bonds is 6. The van der Waals surface area contributed by atoms with Gasteiger partial charge in [0.05, 0.1) is 0 Å². The molecule has 0 fully saturated rings. The maximum Gasteiger partial charge on any atom is 0.352 e. The van der Waals surface area contributed by atoms with Gasteiger partial charge >= 0.3 is 5.97 Å². The van der Waals surface area contributed by atoms with E-state index in [0.717, 1.165) is 17.4 Å². The molecule has 0 aromatic carbocycles. The summed E-state index contributed by atoms with van der Waals surface area (Å²) in [5, 5.41) is 16.3. The quantitative estimate of drug-likeness (QED) is 0.829. The third-order valence-corrected chi connectivity index (χ3v) is 4.49. The molecule has 8 nitrogen and oxygen atoms in total. The molecule has 0 amide bonds. The lowest BCUT2D eigenvalue weighted by Crippen LogP contribution is -2.12. The number of hydrogen-bond acceptors (Lipinski definition) is 6. The standard InChI is InChI=1S/C10H12N4O4S2/c1-2-3-14-5-7(4-8(14)9(15)16)20(17,18)13-10-12-11-6-19-10/h4-6H,2-3H2,1H3,(H,12,13)(H,15,16). The Balaban J connectivity index is 2.36. The molecule has 2 rings (SSSR count). The van der Waals surface area contributed by atoms with Gasteiger partial charge in [0.15, 0.2) is 0 Å². The Hall–Kier alpha value is -1.94. The van der Waals surface area contributed by atoms with E-state index in [2.05, 4.69) is 14.9 Å². The van der Waals surface area contributed by atoms with Crippen molar-refractivity contribution >= 4 is 32.5 Å². The molecule has 2 N–H and O–H groups in total. The van der Waals surface area contributed by atoms with Crippen LogP contribution in [0, 0.1) is 0 Å². The van der Waals surface area contributed by atoms with E-state index in [1.807, 2.05) is 6.92 Å². The summed E-state index contributed by atoms with van der Waals surface area (Å²) in [7, 11) is -3.86. The van der Waals surface area contributed by atoms with Crippen molar-refractivity contribution in [2.24, 2.45) is 0 Å². The van der Waals surface area contributed by atoms with E-state index in [9.17, 15) is 13.2 Å². The average molecular weight is 316 g/mol. The molecule has 20 heavy (non-hydrogen) atoms. The highest BCUT2D eigenvalue weighted by Gasteiger charge is 2.22. The zero-order valence-electron chi connectivity index (χ0n) is 10.5. The minimum atomic E-state index is -3.86. The number of carboxylic acid groups (broad SMARTS) is 1. The predicted octanol–water partition coefficient (Wildman–Crippen LogP) is 1.25. The Bertz CT molecular complexity index is 706. The summed E-state index contributed by atoms with van der Waals surface area (Å²) in [4.78, 5) is 11.0. The van der Waals surface area contributed by atoms with Crippen molar-refractivity contribution in [2.45, 2.75) is 24.8 Å². The molecule has 108 valence electrons. The van der Waals surface area contributed by atoms with Gasteiger partial charge in [-0.15, -0.1) is 10.2 Å². The summed E-state index contributed by atoms with van der Waals surface area (Å²) >= 11 is 1.04. The van der Waals surface area contributed by atoms with Gasteiger partial charge in [0.25, 0.3) is 10.0 Å². The molecule has 0 bridgehead atoms. The zero-order chi connectivity index (χ0) is 14.8. The molecule has 0 aliphatic heterocycles. The van der Waals surface area contributed by atoms with Gasteiger partial charge in [-0.3, -0.25) is 4.72 Å². The lowest BCUT2D eigenvalue weighted by Gasteiger charge is -2.03. The first-order valence-electron chi connectivity index (χ1n) is 5.66. The minimum Gasteiger partial charge on any atom is -0.477 e. The van der Waals surface area contributed by atoms with Crippen LogP contribution in [0.4, 0.5) is 5.13 Å². The van der Waals surface area contributed by atoms with Gasteiger partial charge < -0.3 is 9.67 Å². The monoisotopic (exact) mass is 316 g/mol. The topological polar surface area (TPSA) is 114 Å². The van der Waals surface area contributed by atoms with Crippen molar-refractivity contribution in [3.8, 4) is 0 Å². The van der Waals surface area contributed by atoms with Crippen molar-refractivity contribution in [1.29, 1.82) is 0 Å². The number of aromatic carboxylic acids is 1. The van der Waals surface area contributed by atoms with E-state index in [-0.39, 0.29) is 15.7 Å². The Kier molecular flexibility index (Phi) is 4.04. The second-order valence-electron chi connectivity index (χ2n) is 3.91. The van der Waals surface area contributed by atoms with Crippen LogP contribution in [0.1, 0.15) is 23.8 Å². The van der Waals surface area contributed by atoms with E-state index in [4.69, 9.17) is 5.11 Å². The Morgan fingerprint density at radius 3 is 2.85 bits per heavy atom. The SMILES string of the molecule is CCCn1cc(S(=O)(=O)Nc2nncs2)cc1C(=O)O. The van der Waals surface area contributed by atoms with Gasteiger partial charge in [0.2, 0.25) is 5.13 Å². The molecule has 0 aliphatic rings. The van der Waals surface area contributed by atoms with Crippen LogP contribution in [-0.4, -0.2) is 34.3 Å². The molecule has 0 saturated carbocycles. The Morgan fingerprint density at radius 1 is 1.55 bits per heavy atom. The van der Waals surface area contributed by atoms with Crippen molar-refractivity contribution in [1.82, 2.24) is 14.8 Å². The Labute approximate surface area is 119 Å². The summed E-state index contributed by atoms with van der Waals surface area (Å²) < 4.78 is 27.9. The van der Waals surface area contributed by atoms with Gasteiger partial charge in [-0.25, -0.2) is 13.2 Å². The van der Waals surface area contributed by atoms with Crippen LogP contribution in [-0.2, 0) is 16.6 Å². The van der Waals surface area contributed by atoms with E-state index in [1.165, 1.54) is 16.3 Å². The number of aromatic nitrogens is 3. The van der Waals surface area contributed by atoms with Gasteiger partial charge in [0.1, 0.15) is 16.1 Å². The van der Waals surface area contributed by atoms with Crippen molar-refractivity contribution in [2.75, 3.05) is 4.72 Å². The molecule has 2 aromatic rings. The summed E-state index contributed by atoms with van der Waals surface area (Å²) in [6, 6.07) is 1.13. The van der Waals surface area contributed by atoms with Crippen LogP contribution in [0.2, 0.25) is 0 Å². The maximum atomic E-state index is 12.1. The minimum absolute atomic E-state index is 0.0653. The smallest absolute Gasteiger partial charge is 0.352 e.